The lowest BCUT2D eigenvalue weighted by Gasteiger charge is -2.11. The molecule has 5 N–H and O–H groups in total. The summed E-state index contributed by atoms with van der Waals surface area (Å²) in [5, 5.41) is 3.22. The highest BCUT2D eigenvalue weighted by Crippen LogP contribution is 2.33. The molecule has 25 heavy (non-hydrogen) atoms. The molecule has 0 aliphatic carbocycles. The summed E-state index contributed by atoms with van der Waals surface area (Å²) in [4.78, 5) is 32.3. The second-order valence-electron chi connectivity index (χ2n) is 5.83. The van der Waals surface area contributed by atoms with Gasteiger partial charge in [0.2, 0.25) is 5.95 Å². The van der Waals surface area contributed by atoms with Gasteiger partial charge in [-0.15, -0.1) is 0 Å². The maximum atomic E-state index is 10.8. The van der Waals surface area contributed by atoms with Crippen molar-refractivity contribution in [1.82, 2.24) is 24.4 Å². The van der Waals surface area contributed by atoms with Crippen molar-refractivity contribution in [2.75, 3.05) is 51.2 Å². The van der Waals surface area contributed by atoms with Gasteiger partial charge in [-0.05, 0) is 27.1 Å². The number of rotatable bonds is 10. The Kier molecular flexibility index (Phi) is 6.68. The van der Waals surface area contributed by atoms with E-state index in [4.69, 9.17) is 20.3 Å². The Hall–Kier alpha value is -1.78. The first kappa shape index (κ1) is 19.5. The average Bonchev–Trinajstić information content (AvgIpc) is 2.90. The number of hydrogen-bond acceptors (Lipinski definition) is 8. The summed E-state index contributed by atoms with van der Waals surface area (Å²) in [5.41, 5.74) is 6.91. The number of anilines is 2. The topological polar surface area (TPSA) is 152 Å². The highest BCUT2D eigenvalue weighted by molar-refractivity contribution is 7.51. The van der Waals surface area contributed by atoms with E-state index in [1.54, 1.807) is 10.9 Å². The fourth-order valence-electron chi connectivity index (χ4n) is 2.20. The molecule has 140 valence electrons. The number of hydrogen-bond donors (Lipinski definition) is 4. The number of nitrogens with two attached hydrogens (primary N) is 1. The largest absolute Gasteiger partial charge is 0.368 e. The SMILES string of the molecule is CN(C)CCCNc1nc(N)nc2c1ncn2CCOCP(=O)(O)O. The zero-order chi connectivity index (χ0) is 18.4. The van der Waals surface area contributed by atoms with Crippen molar-refractivity contribution in [3.05, 3.63) is 6.33 Å². The molecule has 0 bridgehead atoms. The summed E-state index contributed by atoms with van der Waals surface area (Å²) in [6, 6.07) is 0. The average molecular weight is 373 g/mol. The van der Waals surface area contributed by atoms with Crippen molar-refractivity contribution in [2.45, 2.75) is 13.0 Å². The van der Waals surface area contributed by atoms with Gasteiger partial charge in [-0.1, -0.05) is 0 Å². The lowest BCUT2D eigenvalue weighted by atomic mass is 10.4. The van der Waals surface area contributed by atoms with Crippen molar-refractivity contribution in [3.8, 4) is 0 Å². The molecule has 0 amide bonds. The van der Waals surface area contributed by atoms with E-state index in [9.17, 15) is 4.57 Å². The number of nitrogens with one attached hydrogen (secondary N) is 1. The van der Waals surface area contributed by atoms with E-state index in [0.717, 1.165) is 19.5 Å². The van der Waals surface area contributed by atoms with Gasteiger partial charge in [0.15, 0.2) is 17.0 Å². The van der Waals surface area contributed by atoms with E-state index in [1.807, 2.05) is 14.1 Å². The van der Waals surface area contributed by atoms with E-state index in [1.165, 1.54) is 0 Å². The fraction of sp³-hybridized carbons (Fsp3) is 0.615. The van der Waals surface area contributed by atoms with Crippen LogP contribution in [0.5, 0.6) is 0 Å². The van der Waals surface area contributed by atoms with Crippen LogP contribution >= 0.6 is 7.60 Å². The number of nitrogens with zero attached hydrogens (tertiary/aromatic N) is 5. The standard InChI is InChI=1S/C13H24N7O4P/c1-19(2)5-3-4-15-11-10-12(18-13(14)17-11)20(8-16-10)6-7-24-9-25(21,22)23/h8H,3-7,9H2,1-2H3,(H2,21,22,23)(H3,14,15,17,18). The van der Waals surface area contributed by atoms with Crippen molar-refractivity contribution in [2.24, 2.45) is 0 Å². The maximum absolute atomic E-state index is 10.8. The quantitative estimate of drug-likeness (QED) is 0.329. The first-order chi connectivity index (χ1) is 11.8. The first-order valence-corrected chi connectivity index (χ1v) is 9.55. The van der Waals surface area contributed by atoms with Crippen LogP contribution in [0, 0.1) is 0 Å². The van der Waals surface area contributed by atoms with Gasteiger partial charge in [0, 0.05) is 13.1 Å². The van der Waals surface area contributed by atoms with Gasteiger partial charge in [-0.25, -0.2) is 4.98 Å². The predicted molar refractivity (Wildman–Crippen MR) is 94.3 cm³/mol. The molecule has 2 heterocycles. The Labute approximate surface area is 145 Å². The number of aromatic nitrogens is 4. The summed E-state index contributed by atoms with van der Waals surface area (Å²) < 4.78 is 17.4. The van der Waals surface area contributed by atoms with Crippen LogP contribution in [0.4, 0.5) is 11.8 Å². The van der Waals surface area contributed by atoms with Crippen LogP contribution < -0.4 is 11.1 Å². The Morgan fingerprint density at radius 2 is 2.16 bits per heavy atom. The van der Waals surface area contributed by atoms with Crippen molar-refractivity contribution in [3.63, 3.8) is 0 Å². The minimum Gasteiger partial charge on any atom is -0.368 e. The zero-order valence-electron chi connectivity index (χ0n) is 14.3. The van der Waals surface area contributed by atoms with Gasteiger partial charge < -0.3 is 35.0 Å². The van der Waals surface area contributed by atoms with Crippen LogP contribution in [0.15, 0.2) is 6.33 Å². The molecule has 12 heteroatoms. The minimum absolute atomic E-state index is 0.117. The number of imidazole rings is 1. The molecular weight excluding hydrogens is 349 g/mol. The fourth-order valence-corrected chi connectivity index (χ4v) is 2.56. The molecule has 0 spiro atoms. The number of ether oxygens (including phenoxy) is 1. The van der Waals surface area contributed by atoms with E-state index in [-0.39, 0.29) is 12.6 Å². The molecule has 0 radical (unpaired) electrons. The molecule has 0 saturated heterocycles. The Morgan fingerprint density at radius 1 is 1.40 bits per heavy atom. The van der Waals surface area contributed by atoms with Crippen LogP contribution in [-0.2, 0) is 15.8 Å². The molecule has 0 aromatic carbocycles. The normalized spacial score (nSPS) is 12.2. The van der Waals surface area contributed by atoms with Crippen molar-refractivity contribution < 1.29 is 19.1 Å². The van der Waals surface area contributed by atoms with E-state index >= 15 is 0 Å². The highest BCUT2D eigenvalue weighted by Gasteiger charge is 2.14. The summed E-state index contributed by atoms with van der Waals surface area (Å²) >= 11 is 0. The summed E-state index contributed by atoms with van der Waals surface area (Å²) in [6.07, 6.45) is 1.90. The minimum atomic E-state index is -4.17. The molecule has 0 aliphatic heterocycles. The molecule has 0 fully saturated rings. The number of fused-ring (bicyclic) bond motifs is 1. The predicted octanol–water partition coefficient (Wildman–Crippen LogP) is -0.0761. The van der Waals surface area contributed by atoms with Gasteiger partial charge in [0.25, 0.3) is 0 Å². The smallest absolute Gasteiger partial charge is 0.350 e. The molecule has 2 aromatic heterocycles. The van der Waals surface area contributed by atoms with E-state index in [0.29, 0.717) is 23.5 Å². The Balaban J connectivity index is 2.02. The van der Waals surface area contributed by atoms with Crippen LogP contribution in [0.3, 0.4) is 0 Å². The number of nitrogen functional groups attached to an aromatic ring is 1. The molecule has 2 aromatic rings. The van der Waals surface area contributed by atoms with E-state index in [2.05, 4.69) is 25.2 Å². The lowest BCUT2D eigenvalue weighted by Crippen LogP contribution is -2.17. The Bertz CT molecular complexity index is 745. The van der Waals surface area contributed by atoms with Gasteiger partial charge in [0.05, 0.1) is 12.9 Å². The molecule has 0 unspecified atom stereocenters. The van der Waals surface area contributed by atoms with Gasteiger partial charge in [-0.3, -0.25) is 4.57 Å². The third-order valence-corrected chi connectivity index (χ3v) is 3.81. The first-order valence-electron chi connectivity index (χ1n) is 7.75. The van der Waals surface area contributed by atoms with Crippen LogP contribution in [-0.4, -0.2) is 74.3 Å². The maximum Gasteiger partial charge on any atom is 0.350 e. The van der Waals surface area contributed by atoms with Gasteiger partial charge in [0.1, 0.15) is 6.35 Å². The monoisotopic (exact) mass is 373 g/mol. The van der Waals surface area contributed by atoms with Crippen LogP contribution in [0.2, 0.25) is 0 Å². The molecular formula is C13H24N7O4P. The summed E-state index contributed by atoms with van der Waals surface area (Å²) in [6.45, 7) is 2.13. The molecule has 2 rings (SSSR count). The molecule has 0 atom stereocenters. The molecule has 0 aliphatic rings. The summed E-state index contributed by atoms with van der Waals surface area (Å²) in [7, 11) is -0.143. The molecule has 0 saturated carbocycles. The second-order valence-corrected chi connectivity index (χ2v) is 7.41. The third-order valence-electron chi connectivity index (χ3n) is 3.29. The summed E-state index contributed by atoms with van der Waals surface area (Å²) in [5.74, 6) is 0.691. The van der Waals surface area contributed by atoms with Crippen LogP contribution in [0.1, 0.15) is 6.42 Å². The third kappa shape index (κ3) is 6.22. The van der Waals surface area contributed by atoms with Crippen molar-refractivity contribution >= 4 is 30.5 Å². The zero-order valence-corrected chi connectivity index (χ0v) is 15.2. The van der Waals surface area contributed by atoms with Crippen LogP contribution in [0.25, 0.3) is 11.2 Å². The van der Waals surface area contributed by atoms with Crippen molar-refractivity contribution in [1.29, 1.82) is 0 Å². The van der Waals surface area contributed by atoms with E-state index < -0.39 is 13.9 Å². The lowest BCUT2D eigenvalue weighted by molar-refractivity contribution is 0.149. The second kappa shape index (κ2) is 8.54. The van der Waals surface area contributed by atoms with Gasteiger partial charge >= 0.3 is 7.60 Å². The van der Waals surface area contributed by atoms with Gasteiger partial charge in [-0.2, -0.15) is 9.97 Å². The highest BCUT2D eigenvalue weighted by atomic mass is 31.2. The Morgan fingerprint density at radius 3 is 2.84 bits per heavy atom. The molecule has 11 nitrogen and oxygen atoms in total.